The van der Waals surface area contributed by atoms with Crippen LogP contribution in [-0.2, 0) is 4.79 Å². The molecule has 0 radical (unpaired) electrons. The second-order valence-corrected chi connectivity index (χ2v) is 8.20. The monoisotopic (exact) mass is 461 g/mol. The maximum atomic E-state index is 13.6. The molecule has 1 aliphatic rings. The van der Waals surface area contributed by atoms with Gasteiger partial charge in [0.25, 0.3) is 5.91 Å². The minimum Gasteiger partial charge on any atom is -0.495 e. The number of aromatic nitrogens is 3. The summed E-state index contributed by atoms with van der Waals surface area (Å²) in [6.07, 6.45) is 5.97. The third-order valence-electron chi connectivity index (χ3n) is 5.86. The van der Waals surface area contributed by atoms with Gasteiger partial charge in [-0.15, -0.1) is 0 Å². The van der Waals surface area contributed by atoms with E-state index >= 15 is 0 Å². The van der Waals surface area contributed by atoms with E-state index in [1.54, 1.807) is 11.8 Å². The van der Waals surface area contributed by atoms with Crippen molar-refractivity contribution >= 4 is 17.5 Å². The minimum absolute atomic E-state index is 0.251. The van der Waals surface area contributed by atoms with Crippen molar-refractivity contribution in [1.29, 1.82) is 0 Å². The number of rotatable bonds is 10. The summed E-state index contributed by atoms with van der Waals surface area (Å²) in [5, 5.41) is 10.6. The predicted molar refractivity (Wildman–Crippen MR) is 132 cm³/mol. The molecule has 34 heavy (non-hydrogen) atoms. The Bertz CT molecular complexity index is 1170. The van der Waals surface area contributed by atoms with Gasteiger partial charge in [0.1, 0.15) is 23.9 Å². The standard InChI is InChI=1S/C26H31N5O3/c1-4-5-6-11-16-34-21-14-9-7-12-19(21)24-23(18(2)29-26-27-17-28-31(24)26)25(32)30-20-13-8-10-15-22(20)33-3/h7-10,12-15,17,24H,4-6,11,16H2,1-3H3,(H,30,32)(H,27,28,29)/t24-/m1/s1. The number of carbonyl (C=O) groups excluding carboxylic acids is 1. The molecule has 8 heteroatoms. The van der Waals surface area contributed by atoms with Gasteiger partial charge in [-0.2, -0.15) is 10.1 Å². The van der Waals surface area contributed by atoms with Crippen molar-refractivity contribution in [2.45, 2.75) is 45.6 Å². The van der Waals surface area contributed by atoms with Crippen molar-refractivity contribution < 1.29 is 14.3 Å². The Morgan fingerprint density at radius 2 is 1.85 bits per heavy atom. The highest BCUT2D eigenvalue weighted by Gasteiger charge is 2.35. The third-order valence-corrected chi connectivity index (χ3v) is 5.86. The van der Waals surface area contributed by atoms with Crippen molar-refractivity contribution in [3.05, 3.63) is 71.7 Å². The summed E-state index contributed by atoms with van der Waals surface area (Å²) in [6.45, 7) is 4.68. The molecule has 3 aromatic rings. The first kappa shape index (κ1) is 23.4. The van der Waals surface area contributed by atoms with Crippen LogP contribution in [0.1, 0.15) is 51.1 Å². The largest absolute Gasteiger partial charge is 0.495 e. The number of para-hydroxylation sites is 3. The fourth-order valence-corrected chi connectivity index (χ4v) is 4.16. The number of hydrogen-bond acceptors (Lipinski definition) is 6. The van der Waals surface area contributed by atoms with E-state index in [-0.39, 0.29) is 5.91 Å². The highest BCUT2D eigenvalue weighted by atomic mass is 16.5. The molecule has 4 rings (SSSR count). The first-order chi connectivity index (χ1) is 16.6. The predicted octanol–water partition coefficient (Wildman–Crippen LogP) is 5.17. The first-order valence-electron chi connectivity index (χ1n) is 11.7. The average Bonchev–Trinajstić information content (AvgIpc) is 3.31. The van der Waals surface area contributed by atoms with Gasteiger partial charge >= 0.3 is 0 Å². The number of fused-ring (bicyclic) bond motifs is 1. The summed E-state index contributed by atoms with van der Waals surface area (Å²) in [7, 11) is 1.58. The van der Waals surface area contributed by atoms with E-state index in [1.165, 1.54) is 19.2 Å². The van der Waals surface area contributed by atoms with Gasteiger partial charge in [-0.3, -0.25) is 4.79 Å². The molecule has 0 spiro atoms. The Hall–Kier alpha value is -3.81. The molecular weight excluding hydrogens is 430 g/mol. The number of carbonyl (C=O) groups is 1. The van der Waals surface area contributed by atoms with E-state index in [4.69, 9.17) is 9.47 Å². The summed E-state index contributed by atoms with van der Waals surface area (Å²) in [4.78, 5) is 18.0. The molecule has 8 nitrogen and oxygen atoms in total. The quantitative estimate of drug-likeness (QED) is 0.405. The minimum atomic E-state index is -0.500. The molecule has 2 N–H and O–H groups in total. The van der Waals surface area contributed by atoms with Crippen LogP contribution in [0.4, 0.5) is 11.6 Å². The zero-order valence-corrected chi connectivity index (χ0v) is 19.9. The molecular formula is C26H31N5O3. The molecule has 1 atom stereocenters. The van der Waals surface area contributed by atoms with Crippen LogP contribution in [0.3, 0.4) is 0 Å². The molecule has 1 aromatic heterocycles. The Balaban J connectivity index is 1.68. The number of benzene rings is 2. The number of hydrogen-bond donors (Lipinski definition) is 2. The Morgan fingerprint density at radius 3 is 2.65 bits per heavy atom. The van der Waals surface area contributed by atoms with Crippen LogP contribution in [0.15, 0.2) is 66.1 Å². The zero-order chi connectivity index (χ0) is 23.9. The number of nitrogens with zero attached hydrogens (tertiary/aromatic N) is 3. The molecule has 0 aliphatic carbocycles. The molecule has 0 unspecified atom stereocenters. The highest BCUT2D eigenvalue weighted by Crippen LogP contribution is 2.39. The summed E-state index contributed by atoms with van der Waals surface area (Å²) in [6, 6.07) is 14.7. The number of methoxy groups -OCH3 is 1. The van der Waals surface area contributed by atoms with E-state index < -0.39 is 6.04 Å². The lowest BCUT2D eigenvalue weighted by Crippen LogP contribution is -2.31. The van der Waals surface area contributed by atoms with Gasteiger partial charge in [-0.25, -0.2) is 4.68 Å². The van der Waals surface area contributed by atoms with Gasteiger partial charge in [0, 0.05) is 11.3 Å². The lowest BCUT2D eigenvalue weighted by Gasteiger charge is -2.30. The van der Waals surface area contributed by atoms with Crippen molar-refractivity contribution in [1.82, 2.24) is 14.8 Å². The number of ether oxygens (including phenoxy) is 2. The van der Waals surface area contributed by atoms with E-state index in [9.17, 15) is 4.79 Å². The fraction of sp³-hybridized carbons (Fsp3) is 0.346. The van der Waals surface area contributed by atoms with Crippen LogP contribution in [0, 0.1) is 0 Å². The zero-order valence-electron chi connectivity index (χ0n) is 19.9. The van der Waals surface area contributed by atoms with Crippen molar-refractivity contribution in [3.8, 4) is 11.5 Å². The lowest BCUT2D eigenvalue weighted by atomic mass is 9.94. The van der Waals surface area contributed by atoms with E-state index in [1.807, 2.05) is 55.5 Å². The number of allylic oxidation sites excluding steroid dienone is 1. The average molecular weight is 462 g/mol. The van der Waals surface area contributed by atoms with Gasteiger partial charge in [0.15, 0.2) is 0 Å². The maximum Gasteiger partial charge on any atom is 0.255 e. The number of unbranched alkanes of at least 4 members (excludes halogenated alkanes) is 3. The summed E-state index contributed by atoms with van der Waals surface area (Å²) < 4.78 is 13.3. The Morgan fingerprint density at radius 1 is 1.09 bits per heavy atom. The normalized spacial score (nSPS) is 14.9. The van der Waals surface area contributed by atoms with Crippen molar-refractivity contribution in [2.24, 2.45) is 0 Å². The van der Waals surface area contributed by atoms with Gasteiger partial charge in [-0.05, 0) is 31.5 Å². The molecule has 0 bridgehead atoms. The summed E-state index contributed by atoms with van der Waals surface area (Å²) >= 11 is 0. The van der Waals surface area contributed by atoms with Crippen LogP contribution in [0.5, 0.6) is 11.5 Å². The summed E-state index contributed by atoms with van der Waals surface area (Å²) in [5.74, 6) is 1.65. The fourth-order valence-electron chi connectivity index (χ4n) is 4.16. The van der Waals surface area contributed by atoms with Crippen molar-refractivity contribution in [3.63, 3.8) is 0 Å². The molecule has 1 amide bonds. The smallest absolute Gasteiger partial charge is 0.255 e. The highest BCUT2D eigenvalue weighted by molar-refractivity contribution is 6.06. The number of nitrogens with one attached hydrogen (secondary N) is 2. The van der Waals surface area contributed by atoms with E-state index in [0.29, 0.717) is 35.3 Å². The van der Waals surface area contributed by atoms with Gasteiger partial charge in [-0.1, -0.05) is 56.5 Å². The molecule has 0 fully saturated rings. The van der Waals surface area contributed by atoms with Crippen LogP contribution >= 0.6 is 0 Å². The van der Waals surface area contributed by atoms with Crippen LogP contribution in [0.2, 0.25) is 0 Å². The summed E-state index contributed by atoms with van der Waals surface area (Å²) in [5.41, 5.74) is 2.69. The number of anilines is 2. The number of amides is 1. The van der Waals surface area contributed by atoms with E-state index in [0.717, 1.165) is 24.2 Å². The SMILES string of the molecule is CCCCCCOc1ccccc1[C@@H]1C(C(=O)Nc2ccccc2OC)=C(C)Nc2ncnn21. The van der Waals surface area contributed by atoms with E-state index in [2.05, 4.69) is 27.6 Å². The second-order valence-electron chi connectivity index (χ2n) is 8.20. The van der Waals surface area contributed by atoms with Crippen molar-refractivity contribution in [2.75, 3.05) is 24.4 Å². The van der Waals surface area contributed by atoms with Gasteiger partial charge in [0.2, 0.25) is 5.95 Å². The molecule has 178 valence electrons. The molecule has 2 heterocycles. The van der Waals surface area contributed by atoms with Crippen LogP contribution < -0.4 is 20.1 Å². The Labute approximate surface area is 200 Å². The van der Waals surface area contributed by atoms with Crippen LogP contribution in [0.25, 0.3) is 0 Å². The molecule has 1 aliphatic heterocycles. The lowest BCUT2D eigenvalue weighted by molar-refractivity contribution is -0.113. The van der Waals surface area contributed by atoms with Crippen LogP contribution in [-0.4, -0.2) is 34.4 Å². The molecule has 0 saturated carbocycles. The molecule has 0 saturated heterocycles. The van der Waals surface area contributed by atoms with Gasteiger partial charge in [0.05, 0.1) is 25.0 Å². The first-order valence-corrected chi connectivity index (χ1v) is 11.7. The second kappa shape index (κ2) is 10.9. The maximum absolute atomic E-state index is 13.6. The Kier molecular flexibility index (Phi) is 7.47. The third kappa shape index (κ3) is 4.90. The molecule has 2 aromatic carbocycles. The topological polar surface area (TPSA) is 90.3 Å². The van der Waals surface area contributed by atoms with Gasteiger partial charge < -0.3 is 20.1 Å².